The first kappa shape index (κ1) is 15.7. The topological polar surface area (TPSA) is 39.3 Å². The van der Waals surface area contributed by atoms with Crippen LogP contribution in [0.5, 0.6) is 0 Å². The molecule has 1 saturated heterocycles. The molecule has 1 aliphatic rings. The normalized spacial score (nSPS) is 18.8. The van der Waals surface area contributed by atoms with E-state index < -0.39 is 0 Å². The molecule has 1 fully saturated rings. The number of carbonyl (C=O) groups excluding carboxylic acids is 1. The minimum absolute atomic E-state index is 0.00717. The van der Waals surface area contributed by atoms with Crippen molar-refractivity contribution in [3.63, 3.8) is 0 Å². The summed E-state index contributed by atoms with van der Waals surface area (Å²) in [6.45, 7) is 2.31. The number of H-pyrrole nitrogens is 1. The van der Waals surface area contributed by atoms with Gasteiger partial charge in [-0.15, -0.1) is 0 Å². The van der Waals surface area contributed by atoms with Crippen molar-refractivity contribution in [2.45, 2.75) is 25.4 Å². The molecular formula is C18H22FN3O. The molecule has 0 unspecified atom stereocenters. The van der Waals surface area contributed by atoms with Crippen molar-refractivity contribution in [3.05, 3.63) is 59.7 Å². The van der Waals surface area contributed by atoms with Gasteiger partial charge in [-0.05, 0) is 37.6 Å². The summed E-state index contributed by atoms with van der Waals surface area (Å²) in [6.07, 6.45) is 3.75. The lowest BCUT2D eigenvalue weighted by molar-refractivity contribution is 0.0603. The maximum atomic E-state index is 13.8. The number of carbonyl (C=O) groups is 1. The molecule has 1 aliphatic heterocycles. The highest BCUT2D eigenvalue weighted by Gasteiger charge is 2.27. The molecule has 2 heterocycles. The maximum absolute atomic E-state index is 13.8. The van der Waals surface area contributed by atoms with Gasteiger partial charge < -0.3 is 9.88 Å². The summed E-state index contributed by atoms with van der Waals surface area (Å²) >= 11 is 0. The Morgan fingerprint density at radius 1 is 1.35 bits per heavy atom. The highest BCUT2D eigenvalue weighted by molar-refractivity contribution is 5.92. The lowest BCUT2D eigenvalue weighted by Crippen LogP contribution is -2.48. The summed E-state index contributed by atoms with van der Waals surface area (Å²) in [5.41, 5.74) is 1.32. The Kier molecular flexibility index (Phi) is 4.76. The minimum atomic E-state index is -0.162. The van der Waals surface area contributed by atoms with Crippen LogP contribution in [0, 0.1) is 5.82 Å². The van der Waals surface area contributed by atoms with Crippen LogP contribution < -0.4 is 0 Å². The summed E-state index contributed by atoms with van der Waals surface area (Å²) in [4.78, 5) is 19.4. The number of aromatic amines is 1. The first-order valence-electron chi connectivity index (χ1n) is 8.01. The predicted molar refractivity (Wildman–Crippen MR) is 87.6 cm³/mol. The molecule has 0 aliphatic carbocycles. The second-order valence-electron chi connectivity index (χ2n) is 6.12. The van der Waals surface area contributed by atoms with E-state index in [0.717, 1.165) is 25.9 Å². The fourth-order valence-corrected chi connectivity index (χ4v) is 3.18. The van der Waals surface area contributed by atoms with E-state index in [1.54, 1.807) is 23.2 Å². The fourth-order valence-electron chi connectivity index (χ4n) is 3.18. The zero-order chi connectivity index (χ0) is 16.2. The van der Waals surface area contributed by atoms with Crippen molar-refractivity contribution in [1.82, 2.24) is 14.8 Å². The third-order valence-corrected chi connectivity index (χ3v) is 4.53. The van der Waals surface area contributed by atoms with Gasteiger partial charge in [0.05, 0.1) is 0 Å². The van der Waals surface area contributed by atoms with Gasteiger partial charge in [0.15, 0.2) is 0 Å². The second kappa shape index (κ2) is 6.96. The summed E-state index contributed by atoms with van der Waals surface area (Å²) in [7, 11) is 1.85. The van der Waals surface area contributed by atoms with Crippen molar-refractivity contribution in [3.8, 4) is 0 Å². The Morgan fingerprint density at radius 3 is 2.91 bits per heavy atom. The Balaban J connectivity index is 1.64. The van der Waals surface area contributed by atoms with Crippen molar-refractivity contribution < 1.29 is 9.18 Å². The molecule has 1 aromatic carbocycles. The number of likely N-dealkylation sites (N-methyl/N-ethyl adjacent to an activating group) is 1. The van der Waals surface area contributed by atoms with E-state index in [9.17, 15) is 9.18 Å². The molecule has 5 heteroatoms. The number of aromatic nitrogens is 1. The van der Waals surface area contributed by atoms with E-state index in [0.29, 0.717) is 17.8 Å². The summed E-state index contributed by atoms with van der Waals surface area (Å²) in [5, 5.41) is 0. The minimum Gasteiger partial charge on any atom is -0.357 e. The van der Waals surface area contributed by atoms with Crippen LogP contribution in [0.3, 0.4) is 0 Å². The van der Waals surface area contributed by atoms with Crippen LogP contribution in [0.25, 0.3) is 0 Å². The Hall–Kier alpha value is -2.14. The summed E-state index contributed by atoms with van der Waals surface area (Å²) in [6, 6.07) is 10.7. The molecule has 122 valence electrons. The van der Waals surface area contributed by atoms with E-state index in [-0.39, 0.29) is 17.8 Å². The Bertz CT molecular complexity index is 656. The van der Waals surface area contributed by atoms with Crippen LogP contribution in [-0.2, 0) is 6.54 Å². The maximum Gasteiger partial charge on any atom is 0.270 e. The van der Waals surface area contributed by atoms with Crippen molar-refractivity contribution >= 4 is 5.91 Å². The first-order chi connectivity index (χ1) is 11.1. The van der Waals surface area contributed by atoms with Crippen molar-refractivity contribution in [2.75, 3.05) is 20.1 Å². The standard InChI is InChI=1S/C18H22FN3O/c1-21(18(23)17-9-4-10-20-17)15-7-5-11-22(13-15)12-14-6-2-3-8-16(14)19/h2-4,6,8-10,15,20H,5,7,11-13H2,1H3/t15-/m1/s1. The third-order valence-electron chi connectivity index (χ3n) is 4.53. The Morgan fingerprint density at radius 2 is 2.17 bits per heavy atom. The summed E-state index contributed by atoms with van der Waals surface area (Å²) in [5.74, 6) is -0.154. The smallest absolute Gasteiger partial charge is 0.270 e. The van der Waals surface area contributed by atoms with Crippen LogP contribution in [0.15, 0.2) is 42.6 Å². The predicted octanol–water partition coefficient (Wildman–Crippen LogP) is 2.89. The van der Waals surface area contributed by atoms with Gasteiger partial charge in [0, 0.05) is 37.9 Å². The molecule has 0 spiro atoms. The van der Waals surface area contributed by atoms with Crippen molar-refractivity contribution in [1.29, 1.82) is 0 Å². The highest BCUT2D eigenvalue weighted by atomic mass is 19.1. The molecule has 1 aromatic heterocycles. The molecule has 1 amide bonds. The average Bonchev–Trinajstić information content (AvgIpc) is 3.10. The summed E-state index contributed by atoms with van der Waals surface area (Å²) < 4.78 is 13.8. The van der Waals surface area contributed by atoms with Gasteiger partial charge in [0.1, 0.15) is 11.5 Å². The number of piperidine rings is 1. The number of likely N-dealkylation sites (tertiary alicyclic amines) is 1. The Labute approximate surface area is 135 Å². The second-order valence-corrected chi connectivity index (χ2v) is 6.12. The number of benzene rings is 1. The quantitative estimate of drug-likeness (QED) is 0.942. The average molecular weight is 315 g/mol. The zero-order valence-corrected chi connectivity index (χ0v) is 13.3. The molecule has 23 heavy (non-hydrogen) atoms. The van der Waals surface area contributed by atoms with Crippen LogP contribution in [0.1, 0.15) is 28.9 Å². The first-order valence-corrected chi connectivity index (χ1v) is 8.01. The molecule has 0 bridgehead atoms. The number of rotatable bonds is 4. The van der Waals surface area contributed by atoms with E-state index in [1.807, 2.05) is 25.2 Å². The molecule has 2 aromatic rings. The molecule has 1 N–H and O–H groups in total. The molecule has 0 saturated carbocycles. The van der Waals surface area contributed by atoms with Crippen LogP contribution in [0.4, 0.5) is 4.39 Å². The monoisotopic (exact) mass is 315 g/mol. The number of halogens is 1. The SMILES string of the molecule is CN(C(=O)c1ccc[nH]1)[C@@H]1CCCN(Cc2ccccc2F)C1. The van der Waals surface area contributed by atoms with Crippen LogP contribution in [0.2, 0.25) is 0 Å². The number of nitrogens with one attached hydrogen (secondary N) is 1. The van der Waals surface area contributed by atoms with Gasteiger partial charge in [-0.1, -0.05) is 18.2 Å². The largest absolute Gasteiger partial charge is 0.357 e. The van der Waals surface area contributed by atoms with Crippen LogP contribution in [-0.4, -0.2) is 46.9 Å². The van der Waals surface area contributed by atoms with Gasteiger partial charge in [0.2, 0.25) is 0 Å². The van der Waals surface area contributed by atoms with E-state index >= 15 is 0 Å². The number of amides is 1. The van der Waals surface area contributed by atoms with Gasteiger partial charge in [-0.25, -0.2) is 4.39 Å². The van der Waals surface area contributed by atoms with Crippen LogP contribution >= 0.6 is 0 Å². The highest BCUT2D eigenvalue weighted by Crippen LogP contribution is 2.19. The lowest BCUT2D eigenvalue weighted by atomic mass is 10.0. The van der Waals surface area contributed by atoms with Gasteiger partial charge in [0.25, 0.3) is 5.91 Å². The van der Waals surface area contributed by atoms with Gasteiger partial charge >= 0.3 is 0 Å². The fraction of sp³-hybridized carbons (Fsp3) is 0.389. The third kappa shape index (κ3) is 3.62. The zero-order valence-electron chi connectivity index (χ0n) is 13.3. The molecule has 0 radical (unpaired) electrons. The lowest BCUT2D eigenvalue weighted by Gasteiger charge is -2.37. The molecule has 1 atom stereocenters. The molecule has 4 nitrogen and oxygen atoms in total. The van der Waals surface area contributed by atoms with Gasteiger partial charge in [-0.3, -0.25) is 9.69 Å². The van der Waals surface area contributed by atoms with E-state index in [1.165, 1.54) is 6.07 Å². The molecule has 3 rings (SSSR count). The molecular weight excluding hydrogens is 293 g/mol. The van der Waals surface area contributed by atoms with Crippen molar-refractivity contribution in [2.24, 2.45) is 0 Å². The van der Waals surface area contributed by atoms with E-state index in [2.05, 4.69) is 9.88 Å². The van der Waals surface area contributed by atoms with Gasteiger partial charge in [-0.2, -0.15) is 0 Å². The number of hydrogen-bond donors (Lipinski definition) is 1. The number of nitrogens with zero attached hydrogens (tertiary/aromatic N) is 2. The number of hydrogen-bond acceptors (Lipinski definition) is 2. The van der Waals surface area contributed by atoms with E-state index in [4.69, 9.17) is 0 Å².